The monoisotopic (exact) mass is 478 g/mol. The molecule has 1 aliphatic heterocycles. The minimum atomic E-state index is -3.47. The second-order valence-corrected chi connectivity index (χ2v) is 10.2. The molecule has 2 heterocycles. The first-order valence-electron chi connectivity index (χ1n) is 9.54. The highest BCUT2D eigenvalue weighted by molar-refractivity contribution is 7.99. The molecule has 0 saturated carbocycles. The summed E-state index contributed by atoms with van der Waals surface area (Å²) >= 11 is 7.01. The Morgan fingerprint density at radius 1 is 1.13 bits per heavy atom. The molecule has 8 nitrogen and oxygen atoms in total. The Balaban J connectivity index is 1.36. The van der Waals surface area contributed by atoms with Crippen molar-refractivity contribution in [2.45, 2.75) is 23.0 Å². The molecule has 11 heteroatoms. The van der Waals surface area contributed by atoms with Crippen molar-refractivity contribution in [3.63, 3.8) is 0 Å². The highest BCUT2D eigenvalue weighted by Crippen LogP contribution is 2.26. The van der Waals surface area contributed by atoms with E-state index >= 15 is 0 Å². The van der Waals surface area contributed by atoms with Crippen LogP contribution in [0.1, 0.15) is 12.8 Å². The highest BCUT2D eigenvalue weighted by atomic mass is 35.5. The Bertz CT molecular complexity index is 1180. The maximum atomic E-state index is 12.6. The van der Waals surface area contributed by atoms with Gasteiger partial charge in [0.25, 0.3) is 5.22 Å². The van der Waals surface area contributed by atoms with Crippen LogP contribution in [-0.2, 0) is 14.8 Å². The highest BCUT2D eigenvalue weighted by Gasteiger charge is 2.27. The molecular weight excluding hydrogens is 460 g/mol. The molecule has 0 atom stereocenters. The van der Waals surface area contributed by atoms with Gasteiger partial charge in [0, 0.05) is 29.4 Å². The molecular formula is C20H19ClN4O4S2. The minimum absolute atomic E-state index is 0.0845. The van der Waals surface area contributed by atoms with E-state index in [2.05, 4.69) is 15.5 Å². The van der Waals surface area contributed by atoms with Crippen LogP contribution >= 0.6 is 23.4 Å². The van der Waals surface area contributed by atoms with E-state index in [-0.39, 0.29) is 27.7 Å². The SMILES string of the molecule is O=C(CSc1nnc(-c2ccc(S(=O)(=O)N3CCCC3)cc2)o1)Nc1cccc(Cl)c1. The summed E-state index contributed by atoms with van der Waals surface area (Å²) in [6.07, 6.45) is 1.77. The van der Waals surface area contributed by atoms with Crippen LogP contribution in [0.2, 0.25) is 5.02 Å². The third kappa shape index (κ3) is 5.27. The number of hydrogen-bond donors (Lipinski definition) is 1. The van der Waals surface area contributed by atoms with Gasteiger partial charge >= 0.3 is 0 Å². The second-order valence-electron chi connectivity index (χ2n) is 6.86. The molecule has 3 aromatic rings. The molecule has 0 radical (unpaired) electrons. The zero-order chi connectivity index (χ0) is 21.8. The van der Waals surface area contributed by atoms with E-state index < -0.39 is 10.0 Å². The van der Waals surface area contributed by atoms with Gasteiger partial charge in [-0.2, -0.15) is 4.31 Å². The smallest absolute Gasteiger partial charge is 0.277 e. The molecule has 2 aromatic carbocycles. The van der Waals surface area contributed by atoms with Crippen LogP contribution < -0.4 is 5.32 Å². The van der Waals surface area contributed by atoms with E-state index in [1.165, 1.54) is 4.31 Å². The summed E-state index contributed by atoms with van der Waals surface area (Å²) < 4.78 is 32.3. The molecule has 0 spiro atoms. The fourth-order valence-corrected chi connectivity index (χ4v) is 5.39. The van der Waals surface area contributed by atoms with E-state index in [4.69, 9.17) is 16.0 Å². The number of sulfonamides is 1. The lowest BCUT2D eigenvalue weighted by Crippen LogP contribution is -2.27. The summed E-state index contributed by atoms with van der Waals surface area (Å²) in [7, 11) is -3.47. The number of amides is 1. The molecule has 1 aliphatic rings. The van der Waals surface area contributed by atoms with Crippen LogP contribution in [0.25, 0.3) is 11.5 Å². The average Bonchev–Trinajstić information content (AvgIpc) is 3.45. The van der Waals surface area contributed by atoms with Crippen molar-refractivity contribution in [2.24, 2.45) is 0 Å². The summed E-state index contributed by atoms with van der Waals surface area (Å²) in [4.78, 5) is 12.3. The maximum absolute atomic E-state index is 12.6. The number of nitrogens with zero attached hydrogens (tertiary/aromatic N) is 3. The van der Waals surface area contributed by atoms with Gasteiger partial charge in [0.15, 0.2) is 0 Å². The van der Waals surface area contributed by atoms with E-state index in [0.717, 1.165) is 24.6 Å². The van der Waals surface area contributed by atoms with Crippen molar-refractivity contribution < 1.29 is 17.6 Å². The lowest BCUT2D eigenvalue weighted by atomic mass is 10.2. The second kappa shape index (κ2) is 9.39. The molecule has 1 fully saturated rings. The van der Waals surface area contributed by atoms with Crippen LogP contribution in [0, 0.1) is 0 Å². The van der Waals surface area contributed by atoms with Gasteiger partial charge in [-0.15, -0.1) is 10.2 Å². The van der Waals surface area contributed by atoms with E-state index in [9.17, 15) is 13.2 Å². The number of halogens is 1. The zero-order valence-electron chi connectivity index (χ0n) is 16.3. The number of thioether (sulfide) groups is 1. The number of carbonyl (C=O) groups is 1. The van der Waals surface area contributed by atoms with Gasteiger partial charge < -0.3 is 9.73 Å². The van der Waals surface area contributed by atoms with E-state index in [1.807, 2.05) is 0 Å². The van der Waals surface area contributed by atoms with Crippen molar-refractivity contribution in [3.8, 4) is 11.5 Å². The molecule has 0 aliphatic carbocycles. The van der Waals surface area contributed by atoms with Crippen LogP contribution in [0.5, 0.6) is 0 Å². The Kier molecular flexibility index (Phi) is 6.61. The third-order valence-electron chi connectivity index (χ3n) is 4.65. The normalized spacial score (nSPS) is 14.6. The molecule has 1 aromatic heterocycles. The Labute approximate surface area is 189 Å². The number of aromatic nitrogens is 2. The van der Waals surface area contributed by atoms with E-state index in [0.29, 0.717) is 29.4 Å². The molecule has 0 unspecified atom stereocenters. The number of rotatable bonds is 7. The van der Waals surface area contributed by atoms with Crippen molar-refractivity contribution >= 4 is 45.0 Å². The maximum Gasteiger partial charge on any atom is 0.277 e. The number of nitrogens with one attached hydrogen (secondary N) is 1. The van der Waals surface area contributed by atoms with Gasteiger partial charge in [-0.05, 0) is 55.3 Å². The standard InChI is InChI=1S/C20H19ClN4O4S2/c21-15-4-3-5-16(12-15)22-18(26)13-30-20-24-23-19(29-20)14-6-8-17(9-7-14)31(27,28)25-10-1-2-11-25/h3-9,12H,1-2,10-11,13H2,(H,22,26). The quantitative estimate of drug-likeness (QED) is 0.513. The number of hydrogen-bond acceptors (Lipinski definition) is 7. The predicted molar refractivity (Wildman–Crippen MR) is 119 cm³/mol. The Morgan fingerprint density at radius 3 is 2.58 bits per heavy atom. The van der Waals surface area contributed by atoms with Crippen LogP contribution in [0.4, 0.5) is 5.69 Å². The number of carbonyl (C=O) groups excluding carboxylic acids is 1. The Hall–Kier alpha value is -2.40. The Morgan fingerprint density at radius 2 is 1.87 bits per heavy atom. The summed E-state index contributed by atoms with van der Waals surface area (Å²) in [6, 6.07) is 13.2. The topological polar surface area (TPSA) is 105 Å². The zero-order valence-corrected chi connectivity index (χ0v) is 18.7. The third-order valence-corrected chi connectivity index (χ3v) is 7.61. The van der Waals surface area contributed by atoms with Crippen molar-refractivity contribution in [3.05, 3.63) is 53.6 Å². The average molecular weight is 479 g/mol. The van der Waals surface area contributed by atoms with Gasteiger partial charge in [-0.3, -0.25) is 4.79 Å². The first-order chi connectivity index (χ1) is 14.9. The van der Waals surface area contributed by atoms with Gasteiger partial charge in [0.1, 0.15) is 0 Å². The molecule has 1 saturated heterocycles. The molecule has 1 amide bonds. The molecule has 0 bridgehead atoms. The van der Waals surface area contributed by atoms with Crippen molar-refractivity contribution in [1.82, 2.24) is 14.5 Å². The fraction of sp³-hybridized carbons (Fsp3) is 0.250. The van der Waals surface area contributed by atoms with Gasteiger partial charge in [-0.1, -0.05) is 29.4 Å². The van der Waals surface area contributed by atoms with Gasteiger partial charge in [0.05, 0.1) is 10.6 Å². The first kappa shape index (κ1) is 21.8. The van der Waals surface area contributed by atoms with Gasteiger partial charge in [-0.25, -0.2) is 8.42 Å². The molecule has 31 heavy (non-hydrogen) atoms. The predicted octanol–water partition coefficient (Wildman–Crippen LogP) is 3.91. The largest absolute Gasteiger partial charge is 0.411 e. The fourth-order valence-electron chi connectivity index (χ4n) is 3.12. The van der Waals surface area contributed by atoms with Crippen LogP contribution in [-0.4, -0.2) is 47.7 Å². The van der Waals surface area contributed by atoms with Crippen molar-refractivity contribution in [2.75, 3.05) is 24.2 Å². The summed E-state index contributed by atoms with van der Waals surface area (Å²) in [5, 5.41) is 11.4. The summed E-state index contributed by atoms with van der Waals surface area (Å²) in [6.45, 7) is 1.11. The molecule has 162 valence electrons. The first-order valence-corrected chi connectivity index (χ1v) is 12.3. The summed E-state index contributed by atoms with van der Waals surface area (Å²) in [5.41, 5.74) is 1.20. The number of benzene rings is 2. The molecule has 4 rings (SSSR count). The summed E-state index contributed by atoms with van der Waals surface area (Å²) in [5.74, 6) is 0.104. The number of anilines is 1. The lowest BCUT2D eigenvalue weighted by Gasteiger charge is -2.15. The van der Waals surface area contributed by atoms with Gasteiger partial charge in [0.2, 0.25) is 21.8 Å². The van der Waals surface area contributed by atoms with Crippen LogP contribution in [0.3, 0.4) is 0 Å². The van der Waals surface area contributed by atoms with E-state index in [1.54, 1.807) is 48.5 Å². The molecule has 1 N–H and O–H groups in total. The minimum Gasteiger partial charge on any atom is -0.411 e. The van der Waals surface area contributed by atoms with Crippen molar-refractivity contribution in [1.29, 1.82) is 0 Å². The van der Waals surface area contributed by atoms with Crippen LogP contribution in [0.15, 0.2) is 63.1 Å². The lowest BCUT2D eigenvalue weighted by molar-refractivity contribution is -0.113.